The number of methoxy groups -OCH3 is 1. The van der Waals surface area contributed by atoms with Crippen LogP contribution in [0.2, 0.25) is 0 Å². The van der Waals surface area contributed by atoms with Crippen LogP contribution in [0, 0.1) is 11.8 Å². The summed E-state index contributed by atoms with van der Waals surface area (Å²) in [6, 6.07) is 8.01. The van der Waals surface area contributed by atoms with Crippen molar-refractivity contribution in [2.75, 3.05) is 20.2 Å². The largest absolute Gasteiger partial charge is 0.497 e. The van der Waals surface area contributed by atoms with Crippen molar-refractivity contribution in [3.63, 3.8) is 0 Å². The van der Waals surface area contributed by atoms with Crippen molar-refractivity contribution in [1.29, 1.82) is 0 Å². The van der Waals surface area contributed by atoms with Gasteiger partial charge in [-0.1, -0.05) is 12.1 Å². The predicted octanol–water partition coefficient (Wildman–Crippen LogP) is 0.653. The lowest BCUT2D eigenvalue weighted by Crippen LogP contribution is -2.34. The van der Waals surface area contributed by atoms with Crippen LogP contribution < -0.4 is 10.5 Å². The van der Waals surface area contributed by atoms with Gasteiger partial charge in [0.15, 0.2) is 0 Å². The number of benzene rings is 1. The average Bonchev–Trinajstić information content (AvgIpc) is 2.80. The molecule has 0 aromatic heterocycles. The number of carbonyl (C=O) groups is 1. The lowest BCUT2D eigenvalue weighted by molar-refractivity contribution is -0.129. The van der Waals surface area contributed by atoms with Gasteiger partial charge in [0.05, 0.1) is 13.5 Å². The van der Waals surface area contributed by atoms with Gasteiger partial charge in [0.2, 0.25) is 5.91 Å². The fraction of sp³-hybridized carbons (Fsp3) is 0.500. The first-order valence-corrected chi connectivity index (χ1v) is 6.35. The minimum atomic E-state index is 0.208. The molecular formula is C14H18N2O2. The van der Waals surface area contributed by atoms with E-state index in [-0.39, 0.29) is 5.91 Å². The van der Waals surface area contributed by atoms with E-state index in [0.29, 0.717) is 24.3 Å². The highest BCUT2D eigenvalue weighted by atomic mass is 16.5. The van der Waals surface area contributed by atoms with Crippen LogP contribution in [0.1, 0.15) is 5.56 Å². The molecule has 1 heterocycles. The van der Waals surface area contributed by atoms with Crippen LogP contribution in [0.15, 0.2) is 24.3 Å². The number of rotatable bonds is 3. The van der Waals surface area contributed by atoms with Crippen LogP contribution in [0.3, 0.4) is 0 Å². The van der Waals surface area contributed by atoms with Crippen molar-refractivity contribution in [2.45, 2.75) is 12.5 Å². The maximum Gasteiger partial charge on any atom is 0.227 e. The number of ether oxygens (including phenoxy) is 1. The van der Waals surface area contributed by atoms with Crippen molar-refractivity contribution in [3.05, 3.63) is 29.8 Å². The number of carbonyl (C=O) groups excluding carboxylic acids is 1. The normalized spacial score (nSPS) is 29.0. The number of hydrogen-bond donors (Lipinski definition) is 1. The Morgan fingerprint density at radius 1 is 1.33 bits per heavy atom. The molecule has 2 fully saturated rings. The molecule has 1 aliphatic carbocycles. The van der Waals surface area contributed by atoms with Gasteiger partial charge in [-0.3, -0.25) is 4.79 Å². The monoisotopic (exact) mass is 246 g/mol. The molecule has 3 rings (SSSR count). The van der Waals surface area contributed by atoms with E-state index in [1.54, 1.807) is 7.11 Å². The summed E-state index contributed by atoms with van der Waals surface area (Å²) in [6.07, 6.45) is 0.471. The van der Waals surface area contributed by atoms with Gasteiger partial charge in [-0.2, -0.15) is 0 Å². The number of nitrogens with zero attached hydrogens (tertiary/aromatic N) is 1. The summed E-state index contributed by atoms with van der Waals surface area (Å²) >= 11 is 0. The third kappa shape index (κ3) is 1.97. The minimum absolute atomic E-state index is 0.208. The predicted molar refractivity (Wildman–Crippen MR) is 68.2 cm³/mol. The van der Waals surface area contributed by atoms with E-state index in [0.717, 1.165) is 24.4 Å². The molecule has 2 aliphatic rings. The van der Waals surface area contributed by atoms with E-state index in [2.05, 4.69) is 0 Å². The first-order valence-electron chi connectivity index (χ1n) is 6.35. The van der Waals surface area contributed by atoms with Gasteiger partial charge in [0, 0.05) is 19.1 Å². The summed E-state index contributed by atoms with van der Waals surface area (Å²) < 4.78 is 5.10. The first kappa shape index (κ1) is 11.5. The van der Waals surface area contributed by atoms with Gasteiger partial charge < -0.3 is 15.4 Å². The highest BCUT2D eigenvalue weighted by molar-refractivity contribution is 5.79. The Morgan fingerprint density at radius 2 is 1.94 bits per heavy atom. The Balaban J connectivity index is 1.57. The molecule has 1 aromatic rings. The molecular weight excluding hydrogens is 228 g/mol. The lowest BCUT2D eigenvalue weighted by atomic mass is 10.1. The first-order chi connectivity index (χ1) is 8.69. The number of piperidine rings is 1. The van der Waals surface area contributed by atoms with Crippen molar-refractivity contribution >= 4 is 5.91 Å². The third-order valence-corrected chi connectivity index (χ3v) is 4.13. The van der Waals surface area contributed by atoms with Crippen molar-refractivity contribution in [1.82, 2.24) is 4.90 Å². The molecule has 1 aromatic carbocycles. The fourth-order valence-electron chi connectivity index (χ4n) is 2.81. The van der Waals surface area contributed by atoms with Crippen molar-refractivity contribution < 1.29 is 9.53 Å². The third-order valence-electron chi connectivity index (χ3n) is 4.13. The topological polar surface area (TPSA) is 55.6 Å². The maximum absolute atomic E-state index is 12.1. The highest BCUT2D eigenvalue weighted by Crippen LogP contribution is 2.43. The van der Waals surface area contributed by atoms with Crippen LogP contribution in [0.25, 0.3) is 0 Å². The number of nitrogens with two attached hydrogens (primary N) is 1. The van der Waals surface area contributed by atoms with Crippen LogP contribution in [0.4, 0.5) is 0 Å². The molecule has 1 amide bonds. The zero-order chi connectivity index (χ0) is 12.7. The summed E-state index contributed by atoms with van der Waals surface area (Å²) in [5, 5.41) is 0. The molecule has 1 saturated heterocycles. The fourth-order valence-corrected chi connectivity index (χ4v) is 2.81. The molecule has 0 radical (unpaired) electrons. The highest BCUT2D eigenvalue weighted by Gasteiger charge is 2.54. The SMILES string of the molecule is COc1ccc(CC(=O)N2CC3C(N)C3C2)cc1. The Morgan fingerprint density at radius 3 is 2.50 bits per heavy atom. The molecule has 18 heavy (non-hydrogen) atoms. The zero-order valence-corrected chi connectivity index (χ0v) is 10.5. The van der Waals surface area contributed by atoms with E-state index >= 15 is 0 Å². The summed E-state index contributed by atoms with van der Waals surface area (Å²) in [5.74, 6) is 2.15. The standard InChI is InChI=1S/C14H18N2O2/c1-18-10-4-2-9(3-5-10)6-13(17)16-7-11-12(8-16)14(11)15/h2-5,11-12,14H,6-8,15H2,1H3. The Bertz CT molecular complexity index is 445. The second-order valence-electron chi connectivity index (χ2n) is 5.23. The van der Waals surface area contributed by atoms with E-state index in [1.807, 2.05) is 29.2 Å². The van der Waals surface area contributed by atoms with Gasteiger partial charge >= 0.3 is 0 Å². The quantitative estimate of drug-likeness (QED) is 0.852. The molecule has 2 atom stereocenters. The second kappa shape index (κ2) is 4.28. The van der Waals surface area contributed by atoms with Crippen LogP contribution >= 0.6 is 0 Å². The molecule has 1 saturated carbocycles. The molecule has 96 valence electrons. The lowest BCUT2D eigenvalue weighted by Gasteiger charge is -2.19. The molecule has 0 spiro atoms. The summed E-state index contributed by atoms with van der Waals surface area (Å²) in [7, 11) is 1.64. The van der Waals surface area contributed by atoms with Crippen LogP contribution in [-0.2, 0) is 11.2 Å². The van der Waals surface area contributed by atoms with Crippen LogP contribution in [0.5, 0.6) is 5.75 Å². The molecule has 4 heteroatoms. The van der Waals surface area contributed by atoms with E-state index in [4.69, 9.17) is 10.5 Å². The minimum Gasteiger partial charge on any atom is -0.497 e. The van der Waals surface area contributed by atoms with Crippen LogP contribution in [-0.4, -0.2) is 37.0 Å². The van der Waals surface area contributed by atoms with Gasteiger partial charge in [-0.15, -0.1) is 0 Å². The Hall–Kier alpha value is -1.55. The smallest absolute Gasteiger partial charge is 0.227 e. The van der Waals surface area contributed by atoms with E-state index in [9.17, 15) is 4.79 Å². The molecule has 2 unspecified atom stereocenters. The molecule has 0 bridgehead atoms. The number of amides is 1. The van der Waals surface area contributed by atoms with Crippen molar-refractivity contribution in [2.24, 2.45) is 17.6 Å². The molecule has 1 aliphatic heterocycles. The second-order valence-corrected chi connectivity index (χ2v) is 5.23. The van der Waals surface area contributed by atoms with Crippen molar-refractivity contribution in [3.8, 4) is 5.75 Å². The van der Waals surface area contributed by atoms with E-state index in [1.165, 1.54) is 0 Å². The van der Waals surface area contributed by atoms with Gasteiger partial charge in [0.1, 0.15) is 5.75 Å². The zero-order valence-electron chi connectivity index (χ0n) is 10.5. The molecule has 2 N–H and O–H groups in total. The van der Waals surface area contributed by atoms with Gasteiger partial charge in [0.25, 0.3) is 0 Å². The maximum atomic E-state index is 12.1. The molecule has 4 nitrogen and oxygen atoms in total. The summed E-state index contributed by atoms with van der Waals surface area (Å²) in [4.78, 5) is 14.0. The van der Waals surface area contributed by atoms with Gasteiger partial charge in [-0.25, -0.2) is 0 Å². The average molecular weight is 246 g/mol. The van der Waals surface area contributed by atoms with E-state index < -0.39 is 0 Å². The Labute approximate surface area is 107 Å². The number of hydrogen-bond acceptors (Lipinski definition) is 3. The number of fused-ring (bicyclic) bond motifs is 1. The number of likely N-dealkylation sites (tertiary alicyclic amines) is 1. The van der Waals surface area contributed by atoms with Gasteiger partial charge in [-0.05, 0) is 29.5 Å². The summed E-state index contributed by atoms with van der Waals surface area (Å²) in [5.41, 5.74) is 6.90. The Kier molecular flexibility index (Phi) is 2.74. The summed E-state index contributed by atoms with van der Waals surface area (Å²) in [6.45, 7) is 1.70.